The maximum atomic E-state index is 11.7. The Morgan fingerprint density at radius 3 is 2.67 bits per heavy atom. The zero-order valence-electron chi connectivity index (χ0n) is 9.81. The van der Waals surface area contributed by atoms with Gasteiger partial charge in [0.15, 0.2) is 0 Å². The second-order valence-electron chi connectivity index (χ2n) is 3.74. The maximum Gasteiger partial charge on any atom is 0.337 e. The van der Waals surface area contributed by atoms with E-state index >= 15 is 0 Å². The molecule has 2 N–H and O–H groups in total. The molecule has 100 valence electrons. The number of para-hydroxylation sites is 1. The van der Waals surface area contributed by atoms with Crippen LogP contribution in [0, 0.1) is 0 Å². The molecule has 0 aliphatic rings. The fraction of sp³-hybridized carbons (Fsp3) is 0.364. The van der Waals surface area contributed by atoms with Gasteiger partial charge in [-0.25, -0.2) is 13.2 Å². The summed E-state index contributed by atoms with van der Waals surface area (Å²) in [6.45, 7) is 1.87. The molecule has 0 radical (unpaired) electrons. The van der Waals surface area contributed by atoms with Gasteiger partial charge < -0.3 is 5.11 Å². The zero-order valence-corrected chi connectivity index (χ0v) is 11.4. The van der Waals surface area contributed by atoms with E-state index in [4.69, 9.17) is 16.7 Å². The predicted molar refractivity (Wildman–Crippen MR) is 70.7 cm³/mol. The molecule has 0 aromatic heterocycles. The molecular formula is C11H14ClNO4S. The summed E-state index contributed by atoms with van der Waals surface area (Å²) in [7, 11) is -3.57. The van der Waals surface area contributed by atoms with Gasteiger partial charge in [-0.15, -0.1) is 0 Å². The van der Waals surface area contributed by atoms with Gasteiger partial charge in [-0.1, -0.05) is 31.0 Å². The third kappa shape index (κ3) is 3.89. The highest BCUT2D eigenvalue weighted by atomic mass is 35.5. The molecule has 0 saturated carbocycles. The molecule has 0 aliphatic heterocycles. The fourth-order valence-electron chi connectivity index (χ4n) is 1.35. The molecule has 18 heavy (non-hydrogen) atoms. The van der Waals surface area contributed by atoms with Gasteiger partial charge in [-0.2, -0.15) is 0 Å². The Kier molecular flexibility index (Phi) is 4.98. The van der Waals surface area contributed by atoms with Crippen LogP contribution in [-0.4, -0.2) is 25.2 Å². The first kappa shape index (κ1) is 14.8. The molecule has 0 amide bonds. The number of carboxylic acids is 1. The molecule has 1 aromatic carbocycles. The van der Waals surface area contributed by atoms with Crippen LogP contribution in [0.15, 0.2) is 18.2 Å². The number of hydrogen-bond acceptors (Lipinski definition) is 3. The van der Waals surface area contributed by atoms with Crippen LogP contribution >= 0.6 is 11.6 Å². The first-order chi connectivity index (χ1) is 8.37. The number of carboxylic acid groups (broad SMARTS) is 1. The van der Waals surface area contributed by atoms with Crippen LogP contribution < -0.4 is 4.72 Å². The maximum absolute atomic E-state index is 11.7. The largest absolute Gasteiger partial charge is 0.478 e. The summed E-state index contributed by atoms with van der Waals surface area (Å²) in [5, 5.41) is 9.03. The minimum Gasteiger partial charge on any atom is -0.478 e. The van der Waals surface area contributed by atoms with Crippen molar-refractivity contribution in [1.29, 1.82) is 0 Å². The lowest BCUT2D eigenvalue weighted by Gasteiger charge is -2.11. The van der Waals surface area contributed by atoms with E-state index in [-0.39, 0.29) is 22.0 Å². The quantitative estimate of drug-likeness (QED) is 0.844. The molecule has 0 atom stereocenters. The molecule has 0 aliphatic carbocycles. The predicted octanol–water partition coefficient (Wildman–Crippen LogP) is 2.58. The van der Waals surface area contributed by atoms with Crippen molar-refractivity contribution in [3.63, 3.8) is 0 Å². The lowest BCUT2D eigenvalue weighted by molar-refractivity contribution is 0.0698. The van der Waals surface area contributed by atoms with Crippen molar-refractivity contribution in [1.82, 2.24) is 0 Å². The molecular weight excluding hydrogens is 278 g/mol. The van der Waals surface area contributed by atoms with Crippen LogP contribution in [0.4, 0.5) is 5.69 Å². The van der Waals surface area contributed by atoms with Gasteiger partial charge in [-0.05, 0) is 18.6 Å². The van der Waals surface area contributed by atoms with Crippen molar-refractivity contribution >= 4 is 33.3 Å². The first-order valence-electron chi connectivity index (χ1n) is 5.39. The van der Waals surface area contributed by atoms with Gasteiger partial charge in [-0.3, -0.25) is 4.72 Å². The van der Waals surface area contributed by atoms with Crippen LogP contribution in [0.3, 0.4) is 0 Å². The summed E-state index contributed by atoms with van der Waals surface area (Å²) in [4.78, 5) is 11.0. The molecule has 5 nitrogen and oxygen atoms in total. The second-order valence-corrected chi connectivity index (χ2v) is 5.99. The number of halogens is 1. The number of sulfonamides is 1. The Hall–Kier alpha value is -1.27. The smallest absolute Gasteiger partial charge is 0.337 e. The van der Waals surface area contributed by atoms with Crippen LogP contribution in [0.25, 0.3) is 0 Å². The molecule has 0 fully saturated rings. The summed E-state index contributed by atoms with van der Waals surface area (Å²) in [5.74, 6) is -1.29. The topological polar surface area (TPSA) is 83.5 Å². The Balaban J connectivity index is 3.07. The van der Waals surface area contributed by atoms with Crippen LogP contribution in [0.1, 0.15) is 30.1 Å². The highest BCUT2D eigenvalue weighted by molar-refractivity contribution is 7.92. The van der Waals surface area contributed by atoms with Crippen LogP contribution in [0.2, 0.25) is 5.02 Å². The number of carbonyl (C=O) groups is 1. The van der Waals surface area contributed by atoms with Gasteiger partial charge in [0.2, 0.25) is 10.0 Å². The van der Waals surface area contributed by atoms with E-state index in [2.05, 4.69) is 4.72 Å². The van der Waals surface area contributed by atoms with E-state index in [1.807, 2.05) is 6.92 Å². The molecule has 0 spiro atoms. The van der Waals surface area contributed by atoms with Crippen LogP contribution in [-0.2, 0) is 10.0 Å². The second kappa shape index (κ2) is 6.06. The average molecular weight is 292 g/mol. The summed E-state index contributed by atoms with van der Waals surface area (Å²) in [6.07, 6.45) is 1.23. The van der Waals surface area contributed by atoms with Crippen LogP contribution in [0.5, 0.6) is 0 Å². The molecule has 0 unspecified atom stereocenters. The zero-order chi connectivity index (χ0) is 13.8. The van der Waals surface area contributed by atoms with Crippen molar-refractivity contribution in [2.75, 3.05) is 10.5 Å². The Morgan fingerprint density at radius 2 is 2.11 bits per heavy atom. The SMILES string of the molecule is CCCCS(=O)(=O)Nc1c(Cl)cccc1C(=O)O. The standard InChI is InChI=1S/C11H14ClNO4S/c1-2-3-7-18(16,17)13-10-8(11(14)15)5-4-6-9(10)12/h4-6,13H,2-3,7H2,1H3,(H,14,15). The van der Waals surface area contributed by atoms with Gasteiger partial charge >= 0.3 is 5.97 Å². The summed E-state index contributed by atoms with van der Waals surface area (Å²) < 4.78 is 25.7. The number of anilines is 1. The normalized spacial score (nSPS) is 11.2. The van der Waals surface area contributed by atoms with E-state index < -0.39 is 16.0 Å². The van der Waals surface area contributed by atoms with Gasteiger partial charge in [0.05, 0.1) is 22.0 Å². The fourth-order valence-corrected chi connectivity index (χ4v) is 2.93. The molecule has 0 heterocycles. The van der Waals surface area contributed by atoms with E-state index in [1.54, 1.807) is 0 Å². The third-order valence-electron chi connectivity index (χ3n) is 2.27. The summed E-state index contributed by atoms with van der Waals surface area (Å²) in [6, 6.07) is 4.19. The van der Waals surface area contributed by atoms with Crippen molar-refractivity contribution in [3.05, 3.63) is 28.8 Å². The van der Waals surface area contributed by atoms with Crippen molar-refractivity contribution in [3.8, 4) is 0 Å². The Labute approximate surface area is 111 Å². The van der Waals surface area contributed by atoms with E-state index in [0.29, 0.717) is 6.42 Å². The minimum absolute atomic E-state index is 0.0617. The number of unbranched alkanes of at least 4 members (excludes halogenated alkanes) is 1. The first-order valence-corrected chi connectivity index (χ1v) is 7.42. The van der Waals surface area contributed by atoms with Crippen molar-refractivity contribution < 1.29 is 18.3 Å². The van der Waals surface area contributed by atoms with Gasteiger partial charge in [0, 0.05) is 0 Å². The number of nitrogens with one attached hydrogen (secondary N) is 1. The molecule has 0 bridgehead atoms. The molecule has 0 saturated heterocycles. The monoisotopic (exact) mass is 291 g/mol. The lowest BCUT2D eigenvalue weighted by Crippen LogP contribution is -2.18. The molecule has 1 rings (SSSR count). The summed E-state index contributed by atoms with van der Waals surface area (Å²) in [5.41, 5.74) is -0.245. The summed E-state index contributed by atoms with van der Waals surface area (Å²) >= 11 is 5.82. The lowest BCUT2D eigenvalue weighted by atomic mass is 10.2. The Morgan fingerprint density at radius 1 is 1.44 bits per heavy atom. The number of rotatable bonds is 6. The van der Waals surface area contributed by atoms with Gasteiger partial charge in [0.25, 0.3) is 0 Å². The van der Waals surface area contributed by atoms with Crippen molar-refractivity contribution in [2.45, 2.75) is 19.8 Å². The van der Waals surface area contributed by atoms with E-state index in [0.717, 1.165) is 6.42 Å². The highest BCUT2D eigenvalue weighted by Gasteiger charge is 2.18. The van der Waals surface area contributed by atoms with E-state index in [9.17, 15) is 13.2 Å². The van der Waals surface area contributed by atoms with Crippen molar-refractivity contribution in [2.24, 2.45) is 0 Å². The highest BCUT2D eigenvalue weighted by Crippen LogP contribution is 2.27. The Bertz CT molecular complexity index is 542. The number of hydrogen-bond donors (Lipinski definition) is 2. The number of benzene rings is 1. The third-order valence-corrected chi connectivity index (χ3v) is 3.92. The molecule has 1 aromatic rings. The molecule has 7 heteroatoms. The minimum atomic E-state index is -3.57. The van der Waals surface area contributed by atoms with Gasteiger partial charge in [0.1, 0.15) is 0 Å². The average Bonchev–Trinajstić information content (AvgIpc) is 2.28. The van der Waals surface area contributed by atoms with E-state index in [1.165, 1.54) is 18.2 Å². The number of aromatic carboxylic acids is 1.